The summed E-state index contributed by atoms with van der Waals surface area (Å²) in [6, 6.07) is 9.62. The van der Waals surface area contributed by atoms with Gasteiger partial charge >= 0.3 is 6.01 Å². The highest BCUT2D eigenvalue weighted by Crippen LogP contribution is 2.23. The van der Waals surface area contributed by atoms with E-state index in [9.17, 15) is 4.79 Å². The van der Waals surface area contributed by atoms with Crippen molar-refractivity contribution in [3.8, 4) is 17.3 Å². The van der Waals surface area contributed by atoms with Gasteiger partial charge in [-0.25, -0.2) is 0 Å². The molecule has 0 aliphatic carbocycles. The molecule has 2 aromatic heterocycles. The molecule has 8 nitrogen and oxygen atoms in total. The van der Waals surface area contributed by atoms with E-state index in [0.29, 0.717) is 23.8 Å². The van der Waals surface area contributed by atoms with Crippen LogP contribution in [0.3, 0.4) is 0 Å². The van der Waals surface area contributed by atoms with Gasteiger partial charge in [0.1, 0.15) is 11.4 Å². The van der Waals surface area contributed by atoms with Gasteiger partial charge in [0.25, 0.3) is 5.89 Å². The van der Waals surface area contributed by atoms with Crippen LogP contribution in [0.1, 0.15) is 12.1 Å². The maximum atomic E-state index is 12.0. The maximum absolute atomic E-state index is 12.0. The topological polar surface area (TPSA) is 95.1 Å². The second-order valence-corrected chi connectivity index (χ2v) is 6.70. The van der Waals surface area contributed by atoms with Gasteiger partial charge in [0.15, 0.2) is 0 Å². The molecular weight excluding hydrogens is 354 g/mol. The molecule has 0 atom stereocenters. The number of anilines is 1. The molecule has 1 aromatic carbocycles. The van der Waals surface area contributed by atoms with Gasteiger partial charge in [-0.3, -0.25) is 14.8 Å². The highest BCUT2D eigenvalue weighted by atomic mass is 32.2. The lowest BCUT2D eigenvalue weighted by Gasteiger charge is -2.03. The van der Waals surface area contributed by atoms with E-state index in [1.807, 2.05) is 37.3 Å². The third kappa shape index (κ3) is 4.42. The third-order valence-electron chi connectivity index (χ3n) is 3.55. The fraction of sp³-hybridized carbons (Fsp3) is 0.294. The molecule has 9 heteroatoms. The van der Waals surface area contributed by atoms with Crippen molar-refractivity contribution in [3.63, 3.8) is 0 Å². The molecule has 1 amide bonds. The van der Waals surface area contributed by atoms with E-state index in [-0.39, 0.29) is 11.9 Å². The second-order valence-electron chi connectivity index (χ2n) is 5.53. The molecule has 0 aliphatic heterocycles. The highest BCUT2D eigenvalue weighted by Gasteiger charge is 2.14. The Balaban J connectivity index is 1.49. The summed E-state index contributed by atoms with van der Waals surface area (Å²) in [4.78, 5) is 13.1. The van der Waals surface area contributed by atoms with Gasteiger partial charge in [-0.1, -0.05) is 5.10 Å². The first-order chi connectivity index (χ1) is 12.5. The fourth-order valence-corrected chi connectivity index (χ4v) is 3.16. The average molecular weight is 373 g/mol. The van der Waals surface area contributed by atoms with E-state index in [4.69, 9.17) is 9.15 Å². The smallest absolute Gasteiger partial charge is 0.322 e. The van der Waals surface area contributed by atoms with Crippen molar-refractivity contribution in [2.75, 3.05) is 18.2 Å². The van der Waals surface area contributed by atoms with E-state index >= 15 is 0 Å². The summed E-state index contributed by atoms with van der Waals surface area (Å²) < 4.78 is 12.3. The van der Waals surface area contributed by atoms with Crippen LogP contribution in [-0.4, -0.2) is 38.7 Å². The normalized spacial score (nSPS) is 10.7. The lowest BCUT2D eigenvalue weighted by atomic mass is 10.3. The zero-order valence-corrected chi connectivity index (χ0v) is 15.5. The summed E-state index contributed by atoms with van der Waals surface area (Å²) in [6.07, 6.45) is 0.333. The third-order valence-corrected chi connectivity index (χ3v) is 4.56. The van der Waals surface area contributed by atoms with Crippen LogP contribution in [0.25, 0.3) is 11.6 Å². The molecule has 1 N–H and O–H groups in total. The van der Waals surface area contributed by atoms with Crippen molar-refractivity contribution in [2.45, 2.75) is 18.2 Å². The molecule has 0 spiro atoms. The maximum Gasteiger partial charge on any atom is 0.322 e. The molecule has 0 bridgehead atoms. The number of amides is 1. The molecule has 0 fully saturated rings. The van der Waals surface area contributed by atoms with Crippen LogP contribution in [0.2, 0.25) is 0 Å². The standard InChI is InChI=1S/C17H19N5O3S/c1-11-10-14(22(2)21-11)16-19-20-17(25-16)18-15(23)8-9-26-13-6-4-12(24-3)5-7-13/h4-7,10H,8-9H2,1-3H3,(H,18,20,23). The molecule has 26 heavy (non-hydrogen) atoms. The van der Waals surface area contributed by atoms with Crippen LogP contribution >= 0.6 is 11.8 Å². The largest absolute Gasteiger partial charge is 0.497 e. The first-order valence-corrected chi connectivity index (χ1v) is 8.95. The summed E-state index contributed by atoms with van der Waals surface area (Å²) in [6.45, 7) is 1.88. The Hall–Kier alpha value is -2.81. The Morgan fingerprint density at radius 3 is 2.73 bits per heavy atom. The Morgan fingerprint density at radius 1 is 1.31 bits per heavy atom. The van der Waals surface area contributed by atoms with Crippen molar-refractivity contribution in [2.24, 2.45) is 7.05 Å². The number of nitrogens with one attached hydrogen (secondary N) is 1. The molecule has 0 saturated carbocycles. The molecule has 0 radical (unpaired) electrons. The summed E-state index contributed by atoms with van der Waals surface area (Å²) in [7, 11) is 3.42. The fourth-order valence-electron chi connectivity index (χ4n) is 2.30. The zero-order valence-electron chi connectivity index (χ0n) is 14.7. The number of hydrogen-bond donors (Lipinski definition) is 1. The van der Waals surface area contributed by atoms with Gasteiger partial charge in [0.05, 0.1) is 12.8 Å². The number of nitrogens with zero attached hydrogens (tertiary/aromatic N) is 4. The Morgan fingerprint density at radius 2 is 2.08 bits per heavy atom. The first kappa shape index (κ1) is 18.0. The van der Waals surface area contributed by atoms with Crippen LogP contribution in [-0.2, 0) is 11.8 Å². The number of carbonyl (C=O) groups is 1. The molecule has 3 rings (SSSR count). The Labute approximate surface area is 154 Å². The van der Waals surface area contributed by atoms with Crippen molar-refractivity contribution < 1.29 is 13.9 Å². The number of thioether (sulfide) groups is 1. The van der Waals surface area contributed by atoms with Gasteiger partial charge in [-0.2, -0.15) is 5.10 Å². The van der Waals surface area contributed by atoms with E-state index in [1.54, 1.807) is 30.6 Å². The number of aromatic nitrogens is 4. The summed E-state index contributed by atoms with van der Waals surface area (Å²) in [5.41, 5.74) is 1.55. The number of ether oxygens (including phenoxy) is 1. The van der Waals surface area contributed by atoms with Crippen LogP contribution in [0.4, 0.5) is 6.01 Å². The van der Waals surface area contributed by atoms with Gasteiger partial charge in [-0.15, -0.1) is 16.9 Å². The van der Waals surface area contributed by atoms with Crippen molar-refractivity contribution in [1.29, 1.82) is 0 Å². The average Bonchev–Trinajstić information content (AvgIpc) is 3.21. The summed E-state index contributed by atoms with van der Waals surface area (Å²) >= 11 is 1.59. The highest BCUT2D eigenvalue weighted by molar-refractivity contribution is 7.99. The zero-order chi connectivity index (χ0) is 18.5. The van der Waals surface area contributed by atoms with Crippen molar-refractivity contribution in [3.05, 3.63) is 36.0 Å². The lowest BCUT2D eigenvalue weighted by molar-refractivity contribution is -0.115. The number of aryl methyl sites for hydroxylation is 2. The van der Waals surface area contributed by atoms with E-state index in [2.05, 4.69) is 20.6 Å². The Bertz CT molecular complexity index is 888. The molecular formula is C17H19N5O3S. The first-order valence-electron chi connectivity index (χ1n) is 7.96. The minimum absolute atomic E-state index is 0.0818. The number of methoxy groups -OCH3 is 1. The van der Waals surface area contributed by atoms with Crippen LogP contribution in [0, 0.1) is 6.92 Å². The molecule has 0 aliphatic rings. The summed E-state index contributed by atoms with van der Waals surface area (Å²) in [5.74, 6) is 1.58. The van der Waals surface area contributed by atoms with Crippen molar-refractivity contribution in [1.82, 2.24) is 20.0 Å². The number of benzene rings is 1. The molecule has 136 valence electrons. The number of hydrogen-bond acceptors (Lipinski definition) is 7. The quantitative estimate of drug-likeness (QED) is 0.636. The minimum atomic E-state index is -0.178. The monoisotopic (exact) mass is 373 g/mol. The lowest BCUT2D eigenvalue weighted by Crippen LogP contribution is -2.12. The number of carbonyl (C=O) groups excluding carboxylic acids is 1. The van der Waals surface area contributed by atoms with Gasteiger partial charge in [0, 0.05) is 24.1 Å². The molecule has 3 aromatic rings. The summed E-state index contributed by atoms with van der Waals surface area (Å²) in [5, 5.41) is 14.7. The predicted octanol–water partition coefficient (Wildman–Crippen LogP) is 2.91. The van der Waals surface area contributed by atoms with E-state index in [1.165, 1.54) is 0 Å². The van der Waals surface area contributed by atoms with Gasteiger partial charge < -0.3 is 9.15 Å². The Kier molecular flexibility index (Phi) is 5.57. The van der Waals surface area contributed by atoms with Gasteiger partial charge in [-0.05, 0) is 37.3 Å². The van der Waals surface area contributed by atoms with Crippen LogP contribution in [0.15, 0.2) is 39.6 Å². The molecule has 2 heterocycles. The number of rotatable bonds is 7. The van der Waals surface area contributed by atoms with E-state index in [0.717, 1.165) is 16.3 Å². The SMILES string of the molecule is COc1ccc(SCCC(=O)Nc2nnc(-c3cc(C)nn3C)o2)cc1. The molecule has 0 unspecified atom stereocenters. The molecule has 0 saturated heterocycles. The van der Waals surface area contributed by atoms with Crippen LogP contribution < -0.4 is 10.1 Å². The van der Waals surface area contributed by atoms with Crippen LogP contribution in [0.5, 0.6) is 5.75 Å². The minimum Gasteiger partial charge on any atom is -0.497 e. The predicted molar refractivity (Wildman–Crippen MR) is 98.2 cm³/mol. The van der Waals surface area contributed by atoms with Crippen molar-refractivity contribution >= 4 is 23.7 Å². The van der Waals surface area contributed by atoms with Gasteiger partial charge in [0.2, 0.25) is 5.91 Å². The second kappa shape index (κ2) is 8.05. The van der Waals surface area contributed by atoms with E-state index < -0.39 is 0 Å².